The summed E-state index contributed by atoms with van der Waals surface area (Å²) in [6.07, 6.45) is 2.18. The molecule has 0 fully saturated rings. The van der Waals surface area contributed by atoms with Gasteiger partial charge in [-0.3, -0.25) is 0 Å². The van der Waals surface area contributed by atoms with Gasteiger partial charge >= 0.3 is 0 Å². The number of rotatable bonds is 8. The highest BCUT2D eigenvalue weighted by molar-refractivity contribution is 5.39. The van der Waals surface area contributed by atoms with Crippen LogP contribution < -0.4 is 14.8 Å². The van der Waals surface area contributed by atoms with Crippen molar-refractivity contribution >= 4 is 0 Å². The number of benzene rings is 1. The van der Waals surface area contributed by atoms with E-state index in [2.05, 4.69) is 19.2 Å². The van der Waals surface area contributed by atoms with Crippen molar-refractivity contribution in [1.29, 1.82) is 0 Å². The minimum absolute atomic E-state index is 0.189. The normalized spacial score (nSPS) is 12.2. The van der Waals surface area contributed by atoms with Crippen LogP contribution in [0.25, 0.3) is 0 Å². The molecule has 0 aliphatic carbocycles. The van der Waals surface area contributed by atoms with E-state index >= 15 is 0 Å². The largest absolute Gasteiger partial charge is 0.490 e. The predicted molar refractivity (Wildman–Crippen MR) is 70.9 cm³/mol. The van der Waals surface area contributed by atoms with E-state index in [1.807, 2.05) is 31.3 Å². The van der Waals surface area contributed by atoms with Gasteiger partial charge in [-0.05, 0) is 45.5 Å². The Morgan fingerprint density at radius 1 is 1.24 bits per heavy atom. The van der Waals surface area contributed by atoms with Gasteiger partial charge in [-0.2, -0.15) is 0 Å². The van der Waals surface area contributed by atoms with Crippen LogP contribution in [0.3, 0.4) is 0 Å². The van der Waals surface area contributed by atoms with Crippen LogP contribution in [0.2, 0.25) is 0 Å². The Kier molecular flexibility index (Phi) is 6.48. The van der Waals surface area contributed by atoms with Crippen molar-refractivity contribution in [2.24, 2.45) is 0 Å². The molecule has 3 heteroatoms. The lowest BCUT2D eigenvalue weighted by atomic mass is 10.2. The molecule has 3 nitrogen and oxygen atoms in total. The molecule has 96 valence electrons. The first kappa shape index (κ1) is 13.8. The van der Waals surface area contributed by atoms with Crippen LogP contribution in [0.15, 0.2) is 24.3 Å². The molecule has 17 heavy (non-hydrogen) atoms. The summed E-state index contributed by atoms with van der Waals surface area (Å²) in [5.41, 5.74) is 0. The van der Waals surface area contributed by atoms with Gasteiger partial charge in [0, 0.05) is 0 Å². The third kappa shape index (κ3) is 5.09. The zero-order chi connectivity index (χ0) is 12.5. The molecule has 0 saturated heterocycles. The second-order valence-corrected chi connectivity index (χ2v) is 4.12. The molecule has 1 aromatic carbocycles. The molecule has 1 aromatic rings. The van der Waals surface area contributed by atoms with Gasteiger partial charge in [-0.1, -0.05) is 19.1 Å². The Bertz CT molecular complexity index is 315. The molecule has 1 rings (SSSR count). The molecule has 0 aliphatic heterocycles. The molecular weight excluding hydrogens is 214 g/mol. The maximum atomic E-state index is 5.88. The van der Waals surface area contributed by atoms with Crippen LogP contribution in [0.4, 0.5) is 0 Å². The first-order valence-corrected chi connectivity index (χ1v) is 6.31. The standard InChI is InChI=1S/C14H23NO2/c1-4-11-16-13-7-5-6-8-14(13)17-12(2)9-10-15-3/h5-8,12,15H,4,9-11H2,1-3H3. The third-order valence-corrected chi connectivity index (χ3v) is 2.44. The Hall–Kier alpha value is -1.22. The Morgan fingerprint density at radius 3 is 2.59 bits per heavy atom. The van der Waals surface area contributed by atoms with Gasteiger partial charge in [0.2, 0.25) is 0 Å². The average Bonchev–Trinajstić information content (AvgIpc) is 2.35. The lowest BCUT2D eigenvalue weighted by Crippen LogP contribution is -2.19. The van der Waals surface area contributed by atoms with Crippen molar-refractivity contribution in [3.63, 3.8) is 0 Å². The van der Waals surface area contributed by atoms with Gasteiger partial charge in [0.15, 0.2) is 11.5 Å². The van der Waals surface area contributed by atoms with E-state index in [9.17, 15) is 0 Å². The van der Waals surface area contributed by atoms with E-state index in [4.69, 9.17) is 9.47 Å². The van der Waals surface area contributed by atoms with Gasteiger partial charge < -0.3 is 14.8 Å². The van der Waals surface area contributed by atoms with Crippen molar-refractivity contribution in [3.8, 4) is 11.5 Å². The Labute approximate surface area is 104 Å². The van der Waals surface area contributed by atoms with E-state index in [0.717, 1.165) is 37.5 Å². The zero-order valence-corrected chi connectivity index (χ0v) is 11.0. The molecule has 0 amide bonds. The van der Waals surface area contributed by atoms with Crippen LogP contribution in [-0.4, -0.2) is 26.3 Å². The highest BCUT2D eigenvalue weighted by Crippen LogP contribution is 2.27. The van der Waals surface area contributed by atoms with Crippen molar-refractivity contribution in [2.45, 2.75) is 32.8 Å². The van der Waals surface area contributed by atoms with Crippen LogP contribution in [-0.2, 0) is 0 Å². The molecule has 0 bridgehead atoms. The molecule has 0 aliphatic rings. The van der Waals surface area contributed by atoms with Gasteiger partial charge in [0.05, 0.1) is 12.7 Å². The van der Waals surface area contributed by atoms with Gasteiger partial charge in [0.1, 0.15) is 0 Å². The average molecular weight is 237 g/mol. The maximum absolute atomic E-state index is 5.88. The summed E-state index contributed by atoms with van der Waals surface area (Å²) < 4.78 is 11.5. The fraction of sp³-hybridized carbons (Fsp3) is 0.571. The van der Waals surface area contributed by atoms with Crippen LogP contribution >= 0.6 is 0 Å². The monoisotopic (exact) mass is 237 g/mol. The smallest absolute Gasteiger partial charge is 0.161 e. The van der Waals surface area contributed by atoms with Crippen LogP contribution in [0.5, 0.6) is 11.5 Å². The van der Waals surface area contributed by atoms with Gasteiger partial charge in [-0.25, -0.2) is 0 Å². The first-order valence-electron chi connectivity index (χ1n) is 6.31. The number of nitrogens with one attached hydrogen (secondary N) is 1. The Balaban J connectivity index is 2.56. The lowest BCUT2D eigenvalue weighted by molar-refractivity contribution is 0.196. The molecule has 1 atom stereocenters. The molecular formula is C14H23NO2. The second-order valence-electron chi connectivity index (χ2n) is 4.12. The van der Waals surface area contributed by atoms with Crippen molar-refractivity contribution in [3.05, 3.63) is 24.3 Å². The first-order chi connectivity index (χ1) is 8.27. The zero-order valence-electron chi connectivity index (χ0n) is 11.0. The number of hydrogen-bond donors (Lipinski definition) is 1. The molecule has 0 aromatic heterocycles. The highest BCUT2D eigenvalue weighted by Gasteiger charge is 2.08. The van der Waals surface area contributed by atoms with Crippen LogP contribution in [0, 0.1) is 0 Å². The van der Waals surface area contributed by atoms with E-state index < -0.39 is 0 Å². The quantitative estimate of drug-likeness (QED) is 0.754. The summed E-state index contributed by atoms with van der Waals surface area (Å²) in [5, 5.41) is 3.12. The van der Waals surface area contributed by atoms with E-state index in [1.54, 1.807) is 0 Å². The van der Waals surface area contributed by atoms with Crippen molar-refractivity contribution < 1.29 is 9.47 Å². The molecule has 0 saturated carbocycles. The summed E-state index contributed by atoms with van der Waals surface area (Å²) >= 11 is 0. The van der Waals surface area contributed by atoms with Crippen molar-refractivity contribution in [1.82, 2.24) is 5.32 Å². The lowest BCUT2D eigenvalue weighted by Gasteiger charge is -2.17. The second kappa shape index (κ2) is 7.96. The Morgan fingerprint density at radius 2 is 1.94 bits per heavy atom. The van der Waals surface area contributed by atoms with Gasteiger partial charge in [-0.15, -0.1) is 0 Å². The van der Waals surface area contributed by atoms with Crippen molar-refractivity contribution in [2.75, 3.05) is 20.2 Å². The topological polar surface area (TPSA) is 30.5 Å². The SMILES string of the molecule is CCCOc1ccccc1OC(C)CCNC. The fourth-order valence-corrected chi connectivity index (χ4v) is 1.50. The van der Waals surface area contributed by atoms with E-state index in [0.29, 0.717) is 0 Å². The maximum Gasteiger partial charge on any atom is 0.161 e. The molecule has 1 unspecified atom stereocenters. The summed E-state index contributed by atoms with van der Waals surface area (Å²) in [5.74, 6) is 1.68. The van der Waals surface area contributed by atoms with E-state index in [-0.39, 0.29) is 6.10 Å². The van der Waals surface area contributed by atoms with E-state index in [1.165, 1.54) is 0 Å². The molecule has 1 N–H and O–H groups in total. The summed E-state index contributed by atoms with van der Waals surface area (Å²) in [4.78, 5) is 0. The molecule has 0 spiro atoms. The minimum Gasteiger partial charge on any atom is -0.490 e. The number of ether oxygens (including phenoxy) is 2. The fourth-order valence-electron chi connectivity index (χ4n) is 1.50. The minimum atomic E-state index is 0.189. The van der Waals surface area contributed by atoms with Crippen LogP contribution in [0.1, 0.15) is 26.7 Å². The summed E-state index contributed by atoms with van der Waals surface area (Å²) in [7, 11) is 1.95. The summed E-state index contributed by atoms with van der Waals surface area (Å²) in [6, 6.07) is 7.85. The molecule has 0 radical (unpaired) electrons. The summed E-state index contributed by atoms with van der Waals surface area (Å²) in [6.45, 7) is 5.86. The number of hydrogen-bond acceptors (Lipinski definition) is 3. The highest BCUT2D eigenvalue weighted by atomic mass is 16.5. The van der Waals surface area contributed by atoms with Gasteiger partial charge in [0.25, 0.3) is 0 Å². The third-order valence-electron chi connectivity index (χ3n) is 2.44. The predicted octanol–water partition coefficient (Wildman–Crippen LogP) is 2.85. The number of para-hydroxylation sites is 2. The molecule has 0 heterocycles.